The number of nitrogens with zero attached hydrogens (tertiary/aromatic N) is 4. The molecule has 0 radical (unpaired) electrons. The predicted octanol–water partition coefficient (Wildman–Crippen LogP) is 1.91. The quantitative estimate of drug-likeness (QED) is 0.857. The van der Waals surface area contributed by atoms with Crippen molar-refractivity contribution in [2.45, 2.75) is 31.3 Å². The molecular formula is C13H17N5OS. The van der Waals surface area contributed by atoms with Crippen LogP contribution in [0.25, 0.3) is 11.2 Å². The Labute approximate surface area is 121 Å². The minimum absolute atomic E-state index is 0.415. The van der Waals surface area contributed by atoms with Gasteiger partial charge in [-0.1, -0.05) is 0 Å². The molecule has 0 saturated carbocycles. The summed E-state index contributed by atoms with van der Waals surface area (Å²) in [6.07, 6.45) is 5.22. The number of aromatic nitrogens is 4. The Morgan fingerprint density at radius 3 is 3.05 bits per heavy atom. The van der Waals surface area contributed by atoms with Gasteiger partial charge in [0.1, 0.15) is 11.8 Å². The zero-order chi connectivity index (χ0) is 13.7. The normalized spacial score (nSPS) is 26.2. The fraction of sp³-hybridized carbons (Fsp3) is 0.615. The lowest BCUT2D eigenvalue weighted by Gasteiger charge is -2.21. The highest BCUT2D eigenvalue weighted by molar-refractivity contribution is 7.71. The third kappa shape index (κ3) is 1.63. The molecule has 4 rings (SSSR count). The molecule has 0 bridgehead atoms. The van der Waals surface area contributed by atoms with Crippen LogP contribution in [0.4, 0.5) is 0 Å². The van der Waals surface area contributed by atoms with E-state index < -0.39 is 0 Å². The first-order chi connectivity index (χ1) is 9.79. The smallest absolute Gasteiger partial charge is 0.242 e. The fourth-order valence-corrected chi connectivity index (χ4v) is 4.06. The Hall–Kier alpha value is -1.47. The first-order valence-electron chi connectivity index (χ1n) is 7.03. The van der Waals surface area contributed by atoms with E-state index >= 15 is 0 Å². The zero-order valence-corrected chi connectivity index (χ0v) is 12.2. The van der Waals surface area contributed by atoms with Crippen molar-refractivity contribution in [2.75, 3.05) is 20.2 Å². The van der Waals surface area contributed by atoms with Crippen molar-refractivity contribution in [2.24, 2.45) is 0 Å². The van der Waals surface area contributed by atoms with Crippen molar-refractivity contribution < 1.29 is 4.74 Å². The number of methoxy groups -OCH3 is 1. The van der Waals surface area contributed by atoms with Crippen LogP contribution < -0.4 is 4.74 Å². The minimum atomic E-state index is 0.415. The van der Waals surface area contributed by atoms with Crippen LogP contribution in [0.3, 0.4) is 0 Å². The van der Waals surface area contributed by atoms with Gasteiger partial charge in [0, 0.05) is 12.6 Å². The van der Waals surface area contributed by atoms with Crippen LogP contribution in [0.2, 0.25) is 0 Å². The molecule has 2 aromatic heterocycles. The van der Waals surface area contributed by atoms with Gasteiger partial charge in [-0.15, -0.1) is 0 Å². The van der Waals surface area contributed by atoms with Crippen LogP contribution in [-0.4, -0.2) is 50.7 Å². The van der Waals surface area contributed by atoms with Gasteiger partial charge in [0.15, 0.2) is 10.4 Å². The maximum absolute atomic E-state index is 5.52. The summed E-state index contributed by atoms with van der Waals surface area (Å²) in [5.74, 6) is 0.557. The molecule has 2 aromatic rings. The Balaban J connectivity index is 1.88. The summed E-state index contributed by atoms with van der Waals surface area (Å²) in [7, 11) is 1.62. The van der Waals surface area contributed by atoms with E-state index in [4.69, 9.17) is 17.0 Å². The zero-order valence-electron chi connectivity index (χ0n) is 11.4. The average Bonchev–Trinajstić information content (AvgIpc) is 3.11. The van der Waals surface area contributed by atoms with Gasteiger partial charge in [0.05, 0.1) is 13.2 Å². The van der Waals surface area contributed by atoms with Gasteiger partial charge in [-0.25, -0.2) is 4.98 Å². The summed E-state index contributed by atoms with van der Waals surface area (Å²) in [5.41, 5.74) is 1.66. The van der Waals surface area contributed by atoms with Gasteiger partial charge in [-0.2, -0.15) is 4.98 Å². The van der Waals surface area contributed by atoms with Crippen molar-refractivity contribution in [3.05, 3.63) is 11.1 Å². The average molecular weight is 291 g/mol. The maximum atomic E-state index is 5.52. The number of nitrogens with one attached hydrogen (secondary N) is 1. The number of aromatic amines is 1. The minimum Gasteiger partial charge on any atom is -0.479 e. The Bertz CT molecular complexity index is 708. The van der Waals surface area contributed by atoms with Crippen LogP contribution in [-0.2, 0) is 0 Å². The van der Waals surface area contributed by atoms with Crippen molar-refractivity contribution >= 4 is 23.4 Å². The van der Waals surface area contributed by atoms with Crippen molar-refractivity contribution in [3.8, 4) is 5.88 Å². The molecule has 7 heteroatoms. The lowest BCUT2D eigenvalue weighted by molar-refractivity contribution is 0.291. The summed E-state index contributed by atoms with van der Waals surface area (Å²) < 4.78 is 8.18. The number of H-pyrrole nitrogens is 1. The standard InChI is InChI=1S/C13H17N5OS/c1-19-12-10-11(14-7-15-12)18(13(20)16-10)9-4-6-17-5-2-3-8(9)17/h7-9H,2-6H2,1H3,(H,16,20). The summed E-state index contributed by atoms with van der Waals surface area (Å²) in [6.45, 7) is 2.38. The largest absolute Gasteiger partial charge is 0.479 e. The van der Waals surface area contributed by atoms with E-state index in [1.807, 2.05) is 0 Å². The van der Waals surface area contributed by atoms with Crippen LogP contribution in [0, 0.1) is 4.77 Å². The number of imidazole rings is 1. The second-order valence-corrected chi connectivity index (χ2v) is 5.87. The molecule has 1 N–H and O–H groups in total. The maximum Gasteiger partial charge on any atom is 0.242 e. The van der Waals surface area contributed by atoms with E-state index in [1.54, 1.807) is 13.4 Å². The molecule has 0 aromatic carbocycles. The van der Waals surface area contributed by atoms with Crippen molar-refractivity contribution in [3.63, 3.8) is 0 Å². The molecular weight excluding hydrogens is 274 g/mol. The molecule has 0 spiro atoms. The molecule has 2 fully saturated rings. The summed E-state index contributed by atoms with van der Waals surface area (Å²) in [5, 5.41) is 0. The number of rotatable bonds is 2. The lowest BCUT2D eigenvalue weighted by Crippen LogP contribution is -2.27. The van der Waals surface area contributed by atoms with Gasteiger partial charge in [0.2, 0.25) is 5.88 Å². The predicted molar refractivity (Wildman–Crippen MR) is 77.5 cm³/mol. The van der Waals surface area contributed by atoms with E-state index in [-0.39, 0.29) is 0 Å². The molecule has 0 amide bonds. The van der Waals surface area contributed by atoms with Crippen LogP contribution in [0.1, 0.15) is 25.3 Å². The summed E-state index contributed by atoms with van der Waals surface area (Å²) >= 11 is 5.52. The van der Waals surface area contributed by atoms with Gasteiger partial charge in [0.25, 0.3) is 0 Å². The van der Waals surface area contributed by atoms with Crippen LogP contribution >= 0.6 is 12.2 Å². The first kappa shape index (κ1) is 12.3. The Morgan fingerprint density at radius 2 is 2.20 bits per heavy atom. The first-order valence-corrected chi connectivity index (χ1v) is 7.43. The third-order valence-corrected chi connectivity index (χ3v) is 4.87. The summed E-state index contributed by atoms with van der Waals surface area (Å²) in [4.78, 5) is 14.3. The summed E-state index contributed by atoms with van der Waals surface area (Å²) in [6, 6.07) is 1.01. The molecule has 2 aliphatic heterocycles. The number of hydrogen-bond donors (Lipinski definition) is 1. The fourth-order valence-electron chi connectivity index (χ4n) is 3.74. The van der Waals surface area contributed by atoms with E-state index in [0.29, 0.717) is 18.0 Å². The van der Waals surface area contributed by atoms with E-state index in [0.717, 1.165) is 28.9 Å². The molecule has 20 heavy (non-hydrogen) atoms. The number of ether oxygens (including phenoxy) is 1. The highest BCUT2D eigenvalue weighted by atomic mass is 32.1. The van der Waals surface area contributed by atoms with E-state index in [9.17, 15) is 0 Å². The Morgan fingerprint density at radius 1 is 1.30 bits per heavy atom. The third-order valence-electron chi connectivity index (χ3n) is 4.57. The van der Waals surface area contributed by atoms with Crippen LogP contribution in [0.5, 0.6) is 5.88 Å². The second kappa shape index (κ2) is 4.53. The second-order valence-electron chi connectivity index (χ2n) is 5.48. The molecule has 4 heterocycles. The van der Waals surface area contributed by atoms with Crippen molar-refractivity contribution in [1.29, 1.82) is 0 Å². The van der Waals surface area contributed by atoms with Gasteiger partial charge >= 0.3 is 0 Å². The molecule has 106 valence electrons. The number of hydrogen-bond acceptors (Lipinski definition) is 5. The van der Waals surface area contributed by atoms with Gasteiger partial charge in [-0.3, -0.25) is 9.47 Å². The van der Waals surface area contributed by atoms with Gasteiger partial charge in [-0.05, 0) is 38.0 Å². The molecule has 2 saturated heterocycles. The molecule has 2 unspecified atom stereocenters. The van der Waals surface area contributed by atoms with Gasteiger partial charge < -0.3 is 9.72 Å². The molecule has 2 atom stereocenters. The van der Waals surface area contributed by atoms with Crippen molar-refractivity contribution in [1.82, 2.24) is 24.4 Å². The van der Waals surface area contributed by atoms with Crippen LogP contribution in [0.15, 0.2) is 6.33 Å². The number of fused-ring (bicyclic) bond motifs is 2. The molecule has 0 aliphatic carbocycles. The highest BCUT2D eigenvalue weighted by Gasteiger charge is 2.39. The molecule has 6 nitrogen and oxygen atoms in total. The molecule has 2 aliphatic rings. The highest BCUT2D eigenvalue weighted by Crippen LogP contribution is 2.38. The topological polar surface area (TPSA) is 59.0 Å². The Kier molecular flexibility index (Phi) is 2.78. The SMILES string of the molecule is COc1ncnc2c1[nH]c(=S)n2C1CCN2CCCC12. The monoisotopic (exact) mass is 291 g/mol. The van der Waals surface area contributed by atoms with E-state index in [2.05, 4.69) is 24.4 Å². The van der Waals surface area contributed by atoms with E-state index in [1.165, 1.54) is 19.4 Å². The lowest BCUT2D eigenvalue weighted by atomic mass is 10.1.